The number of anilines is 1. The van der Waals surface area contributed by atoms with Gasteiger partial charge in [0.05, 0.1) is 17.9 Å². The third kappa shape index (κ3) is 4.11. The molecule has 0 fully saturated rings. The average molecular weight is 253 g/mol. The Morgan fingerprint density at radius 3 is 2.53 bits per heavy atom. The fourth-order valence-corrected chi connectivity index (χ4v) is 2.13. The highest BCUT2D eigenvalue weighted by Crippen LogP contribution is 2.26. The second kappa shape index (κ2) is 5.22. The minimum Gasteiger partial charge on any atom is -0.543 e. The van der Waals surface area contributed by atoms with E-state index in [1.165, 1.54) is 0 Å². The second-order valence-corrected chi connectivity index (χ2v) is 9.12. The number of benzene rings is 1. The van der Waals surface area contributed by atoms with E-state index in [-0.39, 0.29) is 5.97 Å². The van der Waals surface area contributed by atoms with Gasteiger partial charge in [-0.25, -0.2) is 4.79 Å². The molecule has 1 aromatic rings. The lowest BCUT2D eigenvalue weighted by molar-refractivity contribution is 0.0526. The quantitative estimate of drug-likeness (QED) is 0.509. The first-order chi connectivity index (χ1) is 7.83. The van der Waals surface area contributed by atoms with E-state index in [4.69, 9.17) is 14.9 Å². The van der Waals surface area contributed by atoms with Crippen LogP contribution in [0.25, 0.3) is 0 Å². The summed E-state index contributed by atoms with van der Waals surface area (Å²) < 4.78 is 10.7. The molecule has 0 aromatic heterocycles. The summed E-state index contributed by atoms with van der Waals surface area (Å²) in [4.78, 5) is 11.6. The third-order valence-electron chi connectivity index (χ3n) is 1.94. The number of ether oxygens (including phenoxy) is 1. The molecule has 2 N–H and O–H groups in total. The number of nitrogens with two attached hydrogens (primary N) is 1. The van der Waals surface area contributed by atoms with E-state index in [1.807, 2.05) is 0 Å². The summed E-state index contributed by atoms with van der Waals surface area (Å²) >= 11 is 0. The molecule has 0 spiro atoms. The van der Waals surface area contributed by atoms with Gasteiger partial charge in [0.15, 0.2) is 0 Å². The van der Waals surface area contributed by atoms with Crippen molar-refractivity contribution in [1.29, 1.82) is 0 Å². The number of rotatable bonds is 4. The predicted octanol–water partition coefficient (Wildman–Crippen LogP) is 2.66. The highest BCUT2D eigenvalue weighted by Gasteiger charge is 2.19. The van der Waals surface area contributed by atoms with Gasteiger partial charge in [-0.1, -0.05) is 0 Å². The number of hydrogen-bond donors (Lipinski definition) is 1. The van der Waals surface area contributed by atoms with Crippen LogP contribution in [0.2, 0.25) is 19.6 Å². The average Bonchev–Trinajstić information content (AvgIpc) is 2.19. The molecule has 0 saturated heterocycles. The summed E-state index contributed by atoms with van der Waals surface area (Å²) in [5, 5.41) is 0. The van der Waals surface area contributed by atoms with Gasteiger partial charge in [0, 0.05) is 0 Å². The molecule has 1 aromatic carbocycles. The third-order valence-corrected chi connectivity index (χ3v) is 2.77. The van der Waals surface area contributed by atoms with E-state index < -0.39 is 8.32 Å². The van der Waals surface area contributed by atoms with Crippen LogP contribution in [-0.2, 0) is 4.74 Å². The van der Waals surface area contributed by atoms with Gasteiger partial charge in [-0.2, -0.15) is 0 Å². The van der Waals surface area contributed by atoms with Crippen LogP contribution in [0.15, 0.2) is 18.2 Å². The first-order valence-corrected chi connectivity index (χ1v) is 9.00. The second-order valence-electron chi connectivity index (χ2n) is 4.69. The van der Waals surface area contributed by atoms with Crippen LogP contribution in [0.1, 0.15) is 17.3 Å². The maximum Gasteiger partial charge on any atom is 0.338 e. The predicted molar refractivity (Wildman–Crippen MR) is 70.8 cm³/mol. The lowest BCUT2D eigenvalue weighted by Crippen LogP contribution is -2.29. The molecule has 4 nitrogen and oxygen atoms in total. The van der Waals surface area contributed by atoms with Crippen molar-refractivity contribution in [2.75, 3.05) is 12.3 Å². The van der Waals surface area contributed by atoms with Gasteiger partial charge in [0.25, 0.3) is 0 Å². The van der Waals surface area contributed by atoms with Gasteiger partial charge >= 0.3 is 5.97 Å². The molecule has 0 atom stereocenters. The van der Waals surface area contributed by atoms with Gasteiger partial charge in [-0.05, 0) is 44.8 Å². The number of nitrogen functional groups attached to an aromatic ring is 1. The monoisotopic (exact) mass is 253 g/mol. The van der Waals surface area contributed by atoms with Gasteiger partial charge in [-0.3, -0.25) is 0 Å². The van der Waals surface area contributed by atoms with Crippen LogP contribution >= 0.6 is 0 Å². The van der Waals surface area contributed by atoms with Gasteiger partial charge in [0.2, 0.25) is 8.32 Å². The fourth-order valence-electron chi connectivity index (χ4n) is 1.29. The highest BCUT2D eigenvalue weighted by molar-refractivity contribution is 6.70. The van der Waals surface area contributed by atoms with Gasteiger partial charge in [-0.15, -0.1) is 0 Å². The van der Waals surface area contributed by atoms with Crippen molar-refractivity contribution < 1.29 is 14.0 Å². The standard InChI is InChI=1S/C12H19NO3Si/c1-5-15-12(14)9-6-7-10(13)11(8-9)16-17(2,3)4/h6-8H,5,13H2,1-4H3. The summed E-state index contributed by atoms with van der Waals surface area (Å²) in [7, 11) is -1.74. The fraction of sp³-hybridized carbons (Fsp3) is 0.417. The number of esters is 1. The molecule has 1 rings (SSSR count). The number of hydrogen-bond acceptors (Lipinski definition) is 4. The summed E-state index contributed by atoms with van der Waals surface area (Å²) in [6, 6.07) is 4.96. The molecule has 0 saturated carbocycles. The van der Waals surface area contributed by atoms with Crippen molar-refractivity contribution >= 4 is 20.0 Å². The van der Waals surface area contributed by atoms with Crippen molar-refractivity contribution in [3.8, 4) is 5.75 Å². The van der Waals surface area contributed by atoms with Crippen molar-refractivity contribution in [2.24, 2.45) is 0 Å². The molecule has 0 unspecified atom stereocenters. The molecule has 0 heterocycles. The zero-order valence-corrected chi connectivity index (χ0v) is 11.7. The van der Waals surface area contributed by atoms with Crippen LogP contribution in [0, 0.1) is 0 Å². The minimum absolute atomic E-state index is 0.354. The molecular formula is C12H19NO3Si. The Labute approximate surface area is 103 Å². The zero-order chi connectivity index (χ0) is 13.1. The summed E-state index contributed by atoms with van der Waals surface area (Å²) in [5.74, 6) is 0.211. The van der Waals surface area contributed by atoms with Gasteiger partial charge in [0.1, 0.15) is 5.75 Å². The molecule has 0 bridgehead atoms. The summed E-state index contributed by atoms with van der Waals surface area (Å²) in [6.45, 7) is 8.30. The smallest absolute Gasteiger partial charge is 0.338 e. The number of carbonyl (C=O) groups is 1. The van der Waals surface area contributed by atoms with E-state index in [0.717, 1.165) is 0 Å². The van der Waals surface area contributed by atoms with E-state index in [9.17, 15) is 4.79 Å². The molecular weight excluding hydrogens is 234 g/mol. The molecule has 0 aliphatic heterocycles. The maximum absolute atomic E-state index is 11.6. The summed E-state index contributed by atoms with van der Waals surface area (Å²) in [5.41, 5.74) is 6.82. The van der Waals surface area contributed by atoms with E-state index in [1.54, 1.807) is 25.1 Å². The molecule has 94 valence electrons. The first kappa shape index (κ1) is 13.6. The molecule has 17 heavy (non-hydrogen) atoms. The Balaban J connectivity index is 2.98. The lowest BCUT2D eigenvalue weighted by atomic mass is 10.2. The Bertz CT molecular complexity index is 413. The topological polar surface area (TPSA) is 61.5 Å². The maximum atomic E-state index is 11.6. The van der Waals surface area contributed by atoms with Crippen LogP contribution in [0.4, 0.5) is 5.69 Å². The van der Waals surface area contributed by atoms with E-state index >= 15 is 0 Å². The van der Waals surface area contributed by atoms with E-state index in [2.05, 4.69) is 19.6 Å². The van der Waals surface area contributed by atoms with Crippen molar-refractivity contribution in [1.82, 2.24) is 0 Å². The molecule has 0 aliphatic carbocycles. The first-order valence-electron chi connectivity index (χ1n) is 5.59. The summed E-state index contributed by atoms with van der Waals surface area (Å²) in [6.07, 6.45) is 0. The number of carbonyl (C=O) groups excluding carboxylic acids is 1. The van der Waals surface area contributed by atoms with Gasteiger partial charge < -0.3 is 14.9 Å². The highest BCUT2D eigenvalue weighted by atomic mass is 28.4. The van der Waals surface area contributed by atoms with E-state index in [0.29, 0.717) is 23.6 Å². The Hall–Kier alpha value is -1.49. The molecule has 0 radical (unpaired) electrons. The zero-order valence-electron chi connectivity index (χ0n) is 10.7. The molecule has 5 heteroatoms. The Morgan fingerprint density at radius 1 is 1.35 bits per heavy atom. The minimum atomic E-state index is -1.74. The Morgan fingerprint density at radius 2 is 2.00 bits per heavy atom. The van der Waals surface area contributed by atoms with Crippen molar-refractivity contribution in [3.63, 3.8) is 0 Å². The van der Waals surface area contributed by atoms with Crippen LogP contribution in [-0.4, -0.2) is 20.9 Å². The lowest BCUT2D eigenvalue weighted by Gasteiger charge is -2.20. The van der Waals surface area contributed by atoms with Crippen LogP contribution in [0.3, 0.4) is 0 Å². The largest absolute Gasteiger partial charge is 0.543 e. The SMILES string of the molecule is CCOC(=O)c1ccc(N)c(O[Si](C)(C)C)c1. The normalized spacial score (nSPS) is 11.1. The van der Waals surface area contributed by atoms with Crippen molar-refractivity contribution in [3.05, 3.63) is 23.8 Å². The van der Waals surface area contributed by atoms with Crippen LogP contribution < -0.4 is 10.2 Å². The molecule has 0 amide bonds. The Kier molecular flexibility index (Phi) is 4.17. The van der Waals surface area contributed by atoms with Crippen molar-refractivity contribution in [2.45, 2.75) is 26.6 Å². The molecule has 0 aliphatic rings. The van der Waals surface area contributed by atoms with Crippen LogP contribution in [0.5, 0.6) is 5.75 Å².